The van der Waals surface area contributed by atoms with E-state index in [4.69, 9.17) is 5.73 Å². The second-order valence-corrected chi connectivity index (χ2v) is 5.27. The topological polar surface area (TPSA) is 66.2 Å². The molecule has 0 heterocycles. The SMILES string of the molecule is Cc1ccc(C(=CCC(N)C(=O)[O-])c2ccc(F)cc2F)cc1.[Na+]. The smallest absolute Gasteiger partial charge is 0.548 e. The van der Waals surface area contributed by atoms with Gasteiger partial charge in [0.2, 0.25) is 0 Å². The van der Waals surface area contributed by atoms with E-state index in [1.807, 2.05) is 19.1 Å². The summed E-state index contributed by atoms with van der Waals surface area (Å²) < 4.78 is 27.2. The molecule has 0 radical (unpaired) electrons. The van der Waals surface area contributed by atoms with E-state index in [0.29, 0.717) is 11.1 Å². The van der Waals surface area contributed by atoms with E-state index >= 15 is 0 Å². The van der Waals surface area contributed by atoms with Crippen molar-refractivity contribution in [2.75, 3.05) is 0 Å². The number of carbonyl (C=O) groups excluding carboxylic acids is 1. The van der Waals surface area contributed by atoms with Crippen LogP contribution in [-0.2, 0) is 4.79 Å². The van der Waals surface area contributed by atoms with Crippen LogP contribution in [0.25, 0.3) is 5.57 Å². The molecule has 120 valence electrons. The summed E-state index contributed by atoms with van der Waals surface area (Å²) in [4.78, 5) is 10.8. The second-order valence-electron chi connectivity index (χ2n) is 5.27. The number of aliphatic carboxylic acids is 1. The first-order valence-electron chi connectivity index (χ1n) is 7.07. The summed E-state index contributed by atoms with van der Waals surface area (Å²) in [6.07, 6.45) is 1.50. The molecule has 2 rings (SSSR count). The number of carboxylic acids is 1. The van der Waals surface area contributed by atoms with E-state index in [1.165, 1.54) is 12.1 Å². The van der Waals surface area contributed by atoms with E-state index in [2.05, 4.69) is 0 Å². The van der Waals surface area contributed by atoms with Gasteiger partial charge in [0, 0.05) is 17.7 Å². The average Bonchev–Trinajstić information content (AvgIpc) is 2.50. The zero-order valence-corrected chi connectivity index (χ0v) is 15.6. The molecule has 1 unspecified atom stereocenters. The van der Waals surface area contributed by atoms with Crippen molar-refractivity contribution in [1.29, 1.82) is 0 Å². The van der Waals surface area contributed by atoms with Crippen molar-refractivity contribution in [3.8, 4) is 0 Å². The number of aryl methyl sites for hydroxylation is 1. The molecule has 2 aromatic rings. The first-order valence-corrected chi connectivity index (χ1v) is 7.07. The van der Waals surface area contributed by atoms with Gasteiger partial charge in [0.1, 0.15) is 11.6 Å². The largest absolute Gasteiger partial charge is 1.00 e. The molecule has 0 aromatic heterocycles. The van der Waals surface area contributed by atoms with Gasteiger partial charge < -0.3 is 15.6 Å². The van der Waals surface area contributed by atoms with Crippen molar-refractivity contribution in [1.82, 2.24) is 0 Å². The normalized spacial score (nSPS) is 12.4. The molecule has 0 aliphatic rings. The summed E-state index contributed by atoms with van der Waals surface area (Å²) in [5, 5.41) is 10.8. The zero-order chi connectivity index (χ0) is 17.0. The fourth-order valence-electron chi connectivity index (χ4n) is 2.17. The first-order chi connectivity index (χ1) is 10.9. The monoisotopic (exact) mass is 339 g/mol. The molecule has 0 aliphatic carbocycles. The summed E-state index contributed by atoms with van der Waals surface area (Å²) >= 11 is 0. The summed E-state index contributed by atoms with van der Waals surface area (Å²) in [7, 11) is 0. The number of carboxylic acid groups (broad SMARTS) is 1. The van der Waals surface area contributed by atoms with Gasteiger partial charge in [0.25, 0.3) is 0 Å². The van der Waals surface area contributed by atoms with E-state index < -0.39 is 23.6 Å². The van der Waals surface area contributed by atoms with Crippen LogP contribution in [0, 0.1) is 18.6 Å². The molecule has 3 nitrogen and oxygen atoms in total. The molecule has 0 aliphatic heterocycles. The number of rotatable bonds is 5. The Morgan fingerprint density at radius 1 is 1.21 bits per heavy atom. The number of carbonyl (C=O) groups is 1. The Morgan fingerprint density at radius 3 is 2.38 bits per heavy atom. The molecule has 2 N–H and O–H groups in total. The average molecular weight is 339 g/mol. The third-order valence-corrected chi connectivity index (χ3v) is 3.46. The van der Waals surface area contributed by atoms with Crippen LogP contribution in [0.4, 0.5) is 8.78 Å². The predicted octanol–water partition coefficient (Wildman–Crippen LogP) is -0.824. The molecule has 0 saturated heterocycles. The number of hydrogen-bond acceptors (Lipinski definition) is 3. The van der Waals surface area contributed by atoms with Crippen molar-refractivity contribution in [3.05, 3.63) is 76.9 Å². The molecule has 0 bridgehead atoms. The fourth-order valence-corrected chi connectivity index (χ4v) is 2.17. The van der Waals surface area contributed by atoms with Crippen molar-refractivity contribution in [2.45, 2.75) is 19.4 Å². The molecule has 0 fully saturated rings. The maximum Gasteiger partial charge on any atom is 1.00 e. The standard InChI is InChI=1S/C18H17F2NO2.Na/c1-11-2-4-12(5-3-11)14(8-9-17(21)18(22)23)15-7-6-13(19)10-16(15)20;/h2-8,10,17H,9,21H2,1H3,(H,22,23);/q;+1/p-1. The van der Waals surface area contributed by atoms with Gasteiger partial charge in [-0.1, -0.05) is 35.9 Å². The number of nitrogens with two attached hydrogens (primary N) is 1. The van der Waals surface area contributed by atoms with Gasteiger partial charge in [0.05, 0.1) is 5.97 Å². The molecule has 0 saturated carbocycles. The van der Waals surface area contributed by atoms with Gasteiger partial charge >= 0.3 is 29.6 Å². The van der Waals surface area contributed by atoms with E-state index in [1.54, 1.807) is 12.1 Å². The summed E-state index contributed by atoms with van der Waals surface area (Å²) in [5.41, 5.74) is 7.80. The zero-order valence-electron chi connectivity index (χ0n) is 13.6. The van der Waals surface area contributed by atoms with Crippen molar-refractivity contribution in [3.63, 3.8) is 0 Å². The van der Waals surface area contributed by atoms with Crippen LogP contribution in [0.1, 0.15) is 23.1 Å². The number of halogens is 2. The second kappa shape index (κ2) is 9.08. The maximum atomic E-state index is 14.1. The van der Waals surface area contributed by atoms with Crippen LogP contribution in [0.5, 0.6) is 0 Å². The Labute approximate surface area is 161 Å². The van der Waals surface area contributed by atoms with Crippen molar-refractivity contribution < 1.29 is 48.2 Å². The Morgan fingerprint density at radius 2 is 1.83 bits per heavy atom. The Bertz CT molecular complexity index is 745. The molecule has 1 atom stereocenters. The van der Waals surface area contributed by atoms with Gasteiger partial charge in [-0.25, -0.2) is 8.78 Å². The minimum Gasteiger partial charge on any atom is -0.548 e. The van der Waals surface area contributed by atoms with Crippen LogP contribution in [-0.4, -0.2) is 12.0 Å². The molecule has 2 aromatic carbocycles. The number of benzene rings is 2. The summed E-state index contributed by atoms with van der Waals surface area (Å²) in [6, 6.07) is 9.34. The molecule has 6 heteroatoms. The van der Waals surface area contributed by atoms with Crippen LogP contribution in [0.15, 0.2) is 48.5 Å². The third kappa shape index (κ3) is 5.24. The van der Waals surface area contributed by atoms with Crippen LogP contribution >= 0.6 is 0 Å². The maximum absolute atomic E-state index is 14.1. The van der Waals surface area contributed by atoms with Crippen molar-refractivity contribution >= 4 is 11.5 Å². The minimum atomic E-state index is -1.39. The van der Waals surface area contributed by atoms with Gasteiger partial charge in [-0.3, -0.25) is 0 Å². The van der Waals surface area contributed by atoms with E-state index in [-0.39, 0.29) is 41.5 Å². The third-order valence-electron chi connectivity index (χ3n) is 3.46. The molecular weight excluding hydrogens is 323 g/mol. The Balaban J connectivity index is 0.00000288. The van der Waals surface area contributed by atoms with Gasteiger partial charge in [0.15, 0.2) is 0 Å². The predicted molar refractivity (Wildman–Crippen MR) is 82.2 cm³/mol. The summed E-state index contributed by atoms with van der Waals surface area (Å²) in [5.74, 6) is -2.79. The summed E-state index contributed by atoms with van der Waals surface area (Å²) in [6.45, 7) is 1.91. The van der Waals surface area contributed by atoms with Gasteiger partial charge in [-0.2, -0.15) is 0 Å². The molecule has 0 spiro atoms. The minimum absolute atomic E-state index is 0. The van der Waals surface area contributed by atoms with Gasteiger partial charge in [-0.15, -0.1) is 0 Å². The van der Waals surface area contributed by atoms with E-state index in [0.717, 1.165) is 17.7 Å². The molecular formula is C18H16F2NNaO2. The van der Waals surface area contributed by atoms with Crippen LogP contribution in [0.2, 0.25) is 0 Å². The molecule has 0 amide bonds. The quantitative estimate of drug-likeness (QED) is 0.724. The van der Waals surface area contributed by atoms with Gasteiger partial charge in [-0.05, 0) is 36.6 Å². The van der Waals surface area contributed by atoms with E-state index in [9.17, 15) is 18.7 Å². The first kappa shape index (κ1) is 20.5. The Hall–Kier alpha value is -1.53. The Kier molecular flexibility index (Phi) is 7.76. The van der Waals surface area contributed by atoms with Crippen LogP contribution in [0.3, 0.4) is 0 Å². The molecule has 24 heavy (non-hydrogen) atoms. The van der Waals surface area contributed by atoms with Crippen LogP contribution < -0.4 is 40.4 Å². The fraction of sp³-hybridized carbons (Fsp3) is 0.167. The number of hydrogen-bond donors (Lipinski definition) is 1. The van der Waals surface area contributed by atoms with Crippen molar-refractivity contribution in [2.24, 2.45) is 5.73 Å².